The Morgan fingerprint density at radius 2 is 1.92 bits per heavy atom. The van der Waals surface area contributed by atoms with Crippen molar-refractivity contribution in [3.8, 4) is 11.8 Å². The second kappa shape index (κ2) is 11.2. The van der Waals surface area contributed by atoms with Crippen molar-refractivity contribution in [1.29, 1.82) is 0 Å². The summed E-state index contributed by atoms with van der Waals surface area (Å²) in [5, 5.41) is 6.99. The minimum Gasteiger partial charge on any atom is -0.364 e. The molecule has 1 saturated heterocycles. The van der Waals surface area contributed by atoms with Crippen molar-refractivity contribution >= 4 is 28.6 Å². The molecule has 4 rings (SSSR count). The molecule has 3 aromatic rings. The topological polar surface area (TPSA) is 136 Å². The summed E-state index contributed by atoms with van der Waals surface area (Å²) in [5.74, 6) is 3.50. The van der Waals surface area contributed by atoms with E-state index in [1.54, 1.807) is 50.5 Å². The van der Waals surface area contributed by atoms with Gasteiger partial charge in [-0.05, 0) is 49.6 Å². The van der Waals surface area contributed by atoms with Gasteiger partial charge in [0.15, 0.2) is 5.69 Å². The number of halogens is 2. The summed E-state index contributed by atoms with van der Waals surface area (Å²) in [6.07, 6.45) is 1.52. The highest BCUT2D eigenvalue weighted by Crippen LogP contribution is 2.24. The summed E-state index contributed by atoms with van der Waals surface area (Å²) in [6, 6.07) is 5.49. The van der Waals surface area contributed by atoms with Gasteiger partial charge in [-0.2, -0.15) is 5.10 Å². The Labute approximate surface area is 216 Å². The second-order valence-corrected chi connectivity index (χ2v) is 8.94. The molecule has 3 heterocycles. The van der Waals surface area contributed by atoms with E-state index in [-0.39, 0.29) is 31.7 Å². The van der Waals surface area contributed by atoms with Crippen molar-refractivity contribution in [3.63, 3.8) is 0 Å². The van der Waals surface area contributed by atoms with Crippen LogP contribution in [-0.4, -0.2) is 67.7 Å². The van der Waals surface area contributed by atoms with Gasteiger partial charge in [0.25, 0.3) is 5.91 Å². The fourth-order valence-corrected chi connectivity index (χ4v) is 4.04. The molecule has 1 aromatic carbocycles. The van der Waals surface area contributed by atoms with Crippen LogP contribution in [0.25, 0.3) is 10.9 Å². The number of hydrogen-bond donors (Lipinski definition) is 2. The molecular weight excluding hydrogens is 496 g/mol. The molecule has 0 bridgehead atoms. The average Bonchev–Trinajstić information content (AvgIpc) is 3.47. The number of carbonyl (C=O) groups is 3. The first kappa shape index (κ1) is 26.4. The van der Waals surface area contributed by atoms with Crippen LogP contribution in [0.3, 0.4) is 0 Å². The summed E-state index contributed by atoms with van der Waals surface area (Å²) < 4.78 is 29.3. The van der Waals surface area contributed by atoms with Crippen molar-refractivity contribution in [2.24, 2.45) is 5.73 Å². The lowest BCUT2D eigenvalue weighted by Gasteiger charge is -2.23. The molecule has 0 spiro atoms. The molecule has 0 radical (unpaired) electrons. The van der Waals surface area contributed by atoms with Gasteiger partial charge in [0.2, 0.25) is 17.6 Å². The molecule has 0 saturated carbocycles. The minimum atomic E-state index is -1.41. The number of alkyl halides is 1. The lowest BCUT2D eigenvalue weighted by Crippen LogP contribution is -2.47. The van der Waals surface area contributed by atoms with E-state index in [4.69, 9.17) is 5.73 Å². The number of allylic oxidation sites excluding steroid dienone is 1. The third kappa shape index (κ3) is 5.83. The zero-order chi connectivity index (χ0) is 27.4. The Balaban J connectivity index is 1.57. The number of nitrogens with two attached hydrogens (primary N) is 1. The number of nitrogens with zero attached hydrogens (tertiary/aromatic N) is 5. The van der Waals surface area contributed by atoms with Crippen molar-refractivity contribution in [2.75, 3.05) is 13.1 Å². The van der Waals surface area contributed by atoms with Crippen LogP contribution in [0.15, 0.2) is 48.1 Å². The Bertz CT molecular complexity index is 1490. The van der Waals surface area contributed by atoms with Crippen LogP contribution in [0, 0.1) is 11.8 Å². The number of amides is 3. The number of aromatic nitrogens is 4. The van der Waals surface area contributed by atoms with Gasteiger partial charge in [-0.25, -0.2) is 18.7 Å². The van der Waals surface area contributed by atoms with E-state index >= 15 is 0 Å². The maximum Gasteiger partial charge on any atom is 0.269 e. The van der Waals surface area contributed by atoms with Gasteiger partial charge in [-0.3, -0.25) is 19.1 Å². The molecule has 2 aromatic heterocycles. The maximum atomic E-state index is 14.3. The Morgan fingerprint density at radius 1 is 1.18 bits per heavy atom. The first-order chi connectivity index (χ1) is 18.1. The van der Waals surface area contributed by atoms with Gasteiger partial charge in [0, 0.05) is 29.8 Å². The molecule has 12 heteroatoms. The van der Waals surface area contributed by atoms with E-state index in [9.17, 15) is 23.2 Å². The van der Waals surface area contributed by atoms with Gasteiger partial charge in [0.05, 0.1) is 18.6 Å². The van der Waals surface area contributed by atoms with Gasteiger partial charge in [-0.1, -0.05) is 5.92 Å². The van der Waals surface area contributed by atoms with E-state index in [0.29, 0.717) is 27.9 Å². The molecule has 196 valence electrons. The van der Waals surface area contributed by atoms with Crippen LogP contribution in [-0.2, 0) is 16.1 Å². The minimum absolute atomic E-state index is 0.0660. The molecule has 3 amide bonds. The third-order valence-corrected chi connectivity index (χ3v) is 5.99. The lowest BCUT2D eigenvalue weighted by molar-refractivity contribution is -0.139. The molecule has 2 atom stereocenters. The smallest absolute Gasteiger partial charge is 0.269 e. The molecule has 1 aliphatic rings. The van der Waals surface area contributed by atoms with Crippen molar-refractivity contribution < 1.29 is 23.2 Å². The quantitative estimate of drug-likeness (QED) is 0.474. The van der Waals surface area contributed by atoms with Crippen LogP contribution >= 0.6 is 0 Å². The highest BCUT2D eigenvalue weighted by atomic mass is 19.1. The summed E-state index contributed by atoms with van der Waals surface area (Å²) in [4.78, 5) is 47.0. The maximum absolute atomic E-state index is 14.3. The van der Waals surface area contributed by atoms with Gasteiger partial charge in [-0.15, -0.1) is 0 Å². The van der Waals surface area contributed by atoms with Crippen LogP contribution < -0.4 is 11.1 Å². The number of benzene rings is 1. The molecule has 10 nitrogen and oxygen atoms in total. The third-order valence-electron chi connectivity index (χ3n) is 5.99. The molecule has 0 unspecified atom stereocenters. The number of rotatable bonds is 6. The van der Waals surface area contributed by atoms with E-state index in [2.05, 4.69) is 32.2 Å². The second-order valence-electron chi connectivity index (χ2n) is 8.94. The molecule has 0 aliphatic carbocycles. The molecule has 38 heavy (non-hydrogen) atoms. The fourth-order valence-electron chi connectivity index (χ4n) is 4.04. The highest BCUT2D eigenvalue weighted by Gasteiger charge is 2.40. The van der Waals surface area contributed by atoms with Gasteiger partial charge < -0.3 is 16.0 Å². The van der Waals surface area contributed by atoms with Crippen molar-refractivity contribution in [1.82, 2.24) is 30.0 Å². The summed E-state index contributed by atoms with van der Waals surface area (Å²) >= 11 is 0. The predicted octanol–water partition coefficient (Wildman–Crippen LogP) is 1.64. The van der Waals surface area contributed by atoms with Crippen LogP contribution in [0.1, 0.15) is 42.1 Å². The fraction of sp³-hybridized carbons (Fsp3) is 0.308. The number of carbonyl (C=O) groups excluding carboxylic acids is 3. The molecular formula is C26H25F2N7O3. The van der Waals surface area contributed by atoms with Gasteiger partial charge >= 0.3 is 0 Å². The van der Waals surface area contributed by atoms with E-state index < -0.39 is 35.8 Å². The highest BCUT2D eigenvalue weighted by molar-refractivity contribution is 6.04. The Hall–Kier alpha value is -4.66. The molecule has 1 aliphatic heterocycles. The Morgan fingerprint density at radius 3 is 2.61 bits per heavy atom. The number of nitrogens with one attached hydrogen (secondary N) is 1. The van der Waals surface area contributed by atoms with Crippen LogP contribution in [0.2, 0.25) is 0 Å². The zero-order valence-electron chi connectivity index (χ0n) is 20.7. The van der Waals surface area contributed by atoms with E-state index in [0.717, 1.165) is 4.90 Å². The summed E-state index contributed by atoms with van der Waals surface area (Å²) in [6.45, 7) is 2.12. The standard InChI is InChI=1S/C26H25F2N7O3/c1-15(2)19(28)12-32-26(38)21-11-17(27)13-34(21)23(36)14-35-20-6-4-16(5-7-22-30-8-3-9-31-22)10-18(20)24(33-35)25(29)37/h3-4,6,8-10,17,21H,11-14H2,1-2H3,(H2,29,37)(H,32,38)/t17-,21+/m1/s1. The van der Waals surface area contributed by atoms with Crippen molar-refractivity contribution in [3.05, 3.63) is 65.1 Å². The summed E-state index contributed by atoms with van der Waals surface area (Å²) in [7, 11) is 0. The number of hydrogen-bond acceptors (Lipinski definition) is 6. The average molecular weight is 522 g/mol. The molecule has 3 N–H and O–H groups in total. The SMILES string of the molecule is CC(C)=C(F)CNC(=O)[C@@H]1C[C@@H](F)CN1C(=O)Cn1nc(C(N)=O)c2cc(C#Cc3ncccn3)ccc21. The molecule has 1 fully saturated rings. The van der Waals surface area contributed by atoms with Crippen LogP contribution in [0.5, 0.6) is 0 Å². The number of fused-ring (bicyclic) bond motifs is 1. The zero-order valence-corrected chi connectivity index (χ0v) is 20.7. The van der Waals surface area contributed by atoms with Crippen molar-refractivity contribution in [2.45, 2.75) is 39.0 Å². The number of likely N-dealkylation sites (tertiary alicyclic amines) is 1. The van der Waals surface area contributed by atoms with Gasteiger partial charge in [0.1, 0.15) is 24.6 Å². The van der Waals surface area contributed by atoms with E-state index in [1.807, 2.05) is 0 Å². The first-order valence-electron chi connectivity index (χ1n) is 11.8. The number of primary amides is 1. The Kier molecular flexibility index (Phi) is 7.76. The monoisotopic (exact) mass is 521 g/mol. The summed E-state index contributed by atoms with van der Waals surface area (Å²) in [5.41, 5.74) is 6.83. The first-order valence-corrected chi connectivity index (χ1v) is 11.8. The van der Waals surface area contributed by atoms with E-state index in [1.165, 1.54) is 4.68 Å². The predicted molar refractivity (Wildman–Crippen MR) is 134 cm³/mol. The largest absolute Gasteiger partial charge is 0.364 e. The van der Waals surface area contributed by atoms with Crippen LogP contribution in [0.4, 0.5) is 8.78 Å². The lowest BCUT2D eigenvalue weighted by atomic mass is 10.1. The normalized spacial score (nSPS) is 16.6.